The van der Waals surface area contributed by atoms with Gasteiger partial charge in [0, 0.05) is 19.3 Å². The van der Waals surface area contributed by atoms with Gasteiger partial charge >= 0.3 is 6.09 Å². The maximum atomic E-state index is 12.1. The summed E-state index contributed by atoms with van der Waals surface area (Å²) in [5.74, 6) is 0. The summed E-state index contributed by atoms with van der Waals surface area (Å²) < 4.78 is 7.54. The highest BCUT2D eigenvalue weighted by Crippen LogP contribution is 2.24. The van der Waals surface area contributed by atoms with Crippen molar-refractivity contribution in [2.24, 2.45) is 0 Å². The summed E-state index contributed by atoms with van der Waals surface area (Å²) in [6, 6.07) is 0.392. The molecule has 5 nitrogen and oxygen atoms in total. The minimum absolute atomic E-state index is 0.200. The zero-order valence-corrected chi connectivity index (χ0v) is 14.6. The molecule has 1 amide bonds. The number of rotatable bonds is 3. The van der Waals surface area contributed by atoms with Crippen molar-refractivity contribution in [3.63, 3.8) is 0 Å². The first-order chi connectivity index (χ1) is 10.3. The van der Waals surface area contributed by atoms with Crippen molar-refractivity contribution in [3.05, 3.63) is 17.5 Å². The minimum atomic E-state index is -0.428. The second-order valence-electron chi connectivity index (χ2n) is 7.19. The van der Waals surface area contributed by atoms with E-state index in [1.165, 1.54) is 11.3 Å². The lowest BCUT2D eigenvalue weighted by atomic mass is 10.1. The second-order valence-corrected chi connectivity index (χ2v) is 7.19. The highest BCUT2D eigenvalue weighted by molar-refractivity contribution is 5.68. The summed E-state index contributed by atoms with van der Waals surface area (Å²) in [4.78, 5) is 13.9. The topological polar surface area (TPSA) is 47.4 Å². The van der Waals surface area contributed by atoms with Crippen molar-refractivity contribution < 1.29 is 9.53 Å². The van der Waals surface area contributed by atoms with Crippen LogP contribution in [0.3, 0.4) is 0 Å². The molecule has 1 fully saturated rings. The molecule has 1 aliphatic rings. The lowest BCUT2D eigenvalue weighted by Gasteiger charge is -2.33. The van der Waals surface area contributed by atoms with Gasteiger partial charge in [-0.15, -0.1) is 0 Å². The number of piperidine rings is 1. The average Bonchev–Trinajstić information content (AvgIpc) is 2.79. The van der Waals surface area contributed by atoms with Crippen LogP contribution in [0.5, 0.6) is 0 Å². The van der Waals surface area contributed by atoms with Gasteiger partial charge in [-0.05, 0) is 52.5 Å². The number of nitrogens with zero attached hydrogens (tertiary/aromatic N) is 3. The predicted octanol–water partition coefficient (Wildman–Crippen LogP) is 3.72. The molecule has 0 unspecified atom stereocenters. The Kier molecular flexibility index (Phi) is 5.14. The Morgan fingerprint density at radius 1 is 1.36 bits per heavy atom. The number of aromatic nitrogens is 2. The Morgan fingerprint density at radius 3 is 2.55 bits per heavy atom. The van der Waals surface area contributed by atoms with Crippen LogP contribution in [0.15, 0.2) is 6.20 Å². The molecule has 2 rings (SSSR count). The van der Waals surface area contributed by atoms with Crippen molar-refractivity contribution in [2.75, 3.05) is 13.1 Å². The molecule has 0 radical (unpaired) electrons. The van der Waals surface area contributed by atoms with E-state index >= 15 is 0 Å². The van der Waals surface area contributed by atoms with Crippen LogP contribution in [0.25, 0.3) is 0 Å². The fraction of sp³-hybridized carbons (Fsp3) is 0.765. The van der Waals surface area contributed by atoms with Crippen LogP contribution >= 0.6 is 0 Å². The number of ether oxygens (including phenoxy) is 1. The summed E-state index contributed by atoms with van der Waals surface area (Å²) in [7, 11) is 0. The van der Waals surface area contributed by atoms with E-state index in [-0.39, 0.29) is 6.09 Å². The normalized spacial score (nSPS) is 16.9. The minimum Gasteiger partial charge on any atom is -0.444 e. The molecule has 0 saturated carbocycles. The summed E-state index contributed by atoms with van der Waals surface area (Å²) in [5, 5.41) is 4.73. The van der Waals surface area contributed by atoms with Gasteiger partial charge in [-0.2, -0.15) is 5.10 Å². The van der Waals surface area contributed by atoms with Gasteiger partial charge < -0.3 is 9.64 Å². The summed E-state index contributed by atoms with van der Waals surface area (Å²) in [5.41, 5.74) is 2.05. The number of likely N-dealkylation sites (tertiary alicyclic amines) is 1. The first-order valence-corrected chi connectivity index (χ1v) is 8.32. The Balaban J connectivity index is 1.92. The number of aryl methyl sites for hydroxylation is 2. The number of carbonyl (C=O) groups is 1. The molecular weight excluding hydrogens is 278 g/mol. The van der Waals surface area contributed by atoms with Gasteiger partial charge in [0.25, 0.3) is 0 Å². The van der Waals surface area contributed by atoms with Crippen LogP contribution in [-0.4, -0.2) is 39.5 Å². The highest BCUT2D eigenvalue weighted by atomic mass is 16.6. The third-order valence-electron chi connectivity index (χ3n) is 3.99. The van der Waals surface area contributed by atoms with Crippen molar-refractivity contribution in [2.45, 2.75) is 71.9 Å². The number of amides is 1. The zero-order valence-electron chi connectivity index (χ0n) is 14.6. The Labute approximate surface area is 133 Å². The summed E-state index contributed by atoms with van der Waals surface area (Å²) in [6.07, 6.45) is 5.98. The van der Waals surface area contributed by atoms with Crippen LogP contribution in [0.1, 0.15) is 64.3 Å². The van der Waals surface area contributed by atoms with Crippen molar-refractivity contribution in [3.8, 4) is 0 Å². The van der Waals surface area contributed by atoms with Crippen molar-refractivity contribution in [1.82, 2.24) is 14.7 Å². The van der Waals surface area contributed by atoms with Gasteiger partial charge in [0.2, 0.25) is 0 Å². The van der Waals surface area contributed by atoms with E-state index in [1.54, 1.807) is 0 Å². The average molecular weight is 307 g/mol. The van der Waals surface area contributed by atoms with Crippen LogP contribution in [-0.2, 0) is 11.2 Å². The van der Waals surface area contributed by atoms with Gasteiger partial charge in [0.1, 0.15) is 5.60 Å². The van der Waals surface area contributed by atoms with Crippen LogP contribution in [0, 0.1) is 6.92 Å². The largest absolute Gasteiger partial charge is 0.444 e. The maximum absolute atomic E-state index is 12.1. The quantitative estimate of drug-likeness (QED) is 0.855. The van der Waals surface area contributed by atoms with E-state index < -0.39 is 5.60 Å². The first kappa shape index (κ1) is 16.8. The van der Waals surface area contributed by atoms with Crippen molar-refractivity contribution >= 4 is 6.09 Å². The van der Waals surface area contributed by atoms with Crippen molar-refractivity contribution in [1.29, 1.82) is 0 Å². The molecule has 5 heteroatoms. The van der Waals surface area contributed by atoms with E-state index in [2.05, 4.69) is 24.7 Å². The monoisotopic (exact) mass is 307 g/mol. The molecule has 1 aromatic heterocycles. The van der Waals surface area contributed by atoms with Gasteiger partial charge in [-0.25, -0.2) is 4.79 Å². The molecule has 0 aromatic carbocycles. The summed E-state index contributed by atoms with van der Waals surface area (Å²) in [6.45, 7) is 11.5. The van der Waals surface area contributed by atoms with Gasteiger partial charge in [-0.1, -0.05) is 13.3 Å². The number of carbonyl (C=O) groups excluding carboxylic acids is 1. The van der Waals surface area contributed by atoms with Gasteiger partial charge in [0.05, 0.1) is 11.7 Å². The highest BCUT2D eigenvalue weighted by Gasteiger charge is 2.28. The lowest BCUT2D eigenvalue weighted by molar-refractivity contribution is 0.0184. The molecule has 0 spiro atoms. The molecule has 1 saturated heterocycles. The predicted molar refractivity (Wildman–Crippen MR) is 87.0 cm³/mol. The standard InChI is InChI=1S/C17H29N3O2/c1-6-7-15-13(2)12-20(18-15)14-8-10-19(11-9-14)16(21)22-17(3,4)5/h12,14H,6-11H2,1-5H3. The van der Waals surface area contributed by atoms with E-state index in [0.717, 1.165) is 38.8 Å². The molecule has 0 N–H and O–H groups in total. The third kappa shape index (κ3) is 4.24. The Morgan fingerprint density at radius 2 is 2.00 bits per heavy atom. The molecule has 0 aliphatic carbocycles. The molecular formula is C17H29N3O2. The van der Waals surface area contributed by atoms with Gasteiger partial charge in [0.15, 0.2) is 0 Å². The molecule has 0 atom stereocenters. The van der Waals surface area contributed by atoms with Crippen LogP contribution < -0.4 is 0 Å². The second kappa shape index (κ2) is 6.71. The summed E-state index contributed by atoms with van der Waals surface area (Å²) >= 11 is 0. The fourth-order valence-corrected chi connectivity index (χ4v) is 2.83. The lowest BCUT2D eigenvalue weighted by Crippen LogP contribution is -2.42. The van der Waals surface area contributed by atoms with Gasteiger partial charge in [-0.3, -0.25) is 4.68 Å². The molecule has 0 bridgehead atoms. The van der Waals surface area contributed by atoms with Crippen LogP contribution in [0.4, 0.5) is 4.79 Å². The number of hydrogen-bond donors (Lipinski definition) is 0. The zero-order chi connectivity index (χ0) is 16.3. The molecule has 2 heterocycles. The Hall–Kier alpha value is -1.52. The third-order valence-corrected chi connectivity index (χ3v) is 3.99. The maximum Gasteiger partial charge on any atom is 0.410 e. The fourth-order valence-electron chi connectivity index (χ4n) is 2.83. The number of hydrogen-bond acceptors (Lipinski definition) is 3. The van der Waals surface area contributed by atoms with E-state index in [1.807, 2.05) is 25.7 Å². The molecule has 124 valence electrons. The first-order valence-electron chi connectivity index (χ1n) is 8.32. The molecule has 22 heavy (non-hydrogen) atoms. The van der Waals surface area contributed by atoms with E-state index in [9.17, 15) is 4.79 Å². The smallest absolute Gasteiger partial charge is 0.410 e. The molecule has 1 aromatic rings. The van der Waals surface area contributed by atoms with Crippen LogP contribution in [0.2, 0.25) is 0 Å². The Bertz CT molecular complexity index is 508. The van der Waals surface area contributed by atoms with E-state index in [0.29, 0.717) is 6.04 Å². The SMILES string of the molecule is CCCc1nn(C2CCN(C(=O)OC(C)(C)C)CC2)cc1C. The molecule has 1 aliphatic heterocycles. The van der Waals surface area contributed by atoms with E-state index in [4.69, 9.17) is 9.84 Å².